The van der Waals surface area contributed by atoms with Gasteiger partial charge in [-0.15, -0.1) is 0 Å². The highest BCUT2D eigenvalue weighted by Gasteiger charge is 2.33. The Morgan fingerprint density at radius 3 is 2.74 bits per heavy atom. The molecular weight excluding hydrogens is 338 g/mol. The lowest BCUT2D eigenvalue weighted by atomic mass is 9.97. The SMILES string of the molecule is CC(C)Cn1ncc2c(=O)[nH]c([C@@H]3CN(Cc4ccccc4)C[C@H]3C)nc21. The smallest absolute Gasteiger partial charge is 0.262 e. The highest BCUT2D eigenvalue weighted by atomic mass is 16.1. The van der Waals surface area contributed by atoms with Crippen molar-refractivity contribution >= 4 is 11.0 Å². The second kappa shape index (κ2) is 7.27. The van der Waals surface area contributed by atoms with E-state index in [0.717, 1.165) is 32.0 Å². The van der Waals surface area contributed by atoms with Gasteiger partial charge in [0.15, 0.2) is 5.65 Å². The van der Waals surface area contributed by atoms with Gasteiger partial charge in [-0.05, 0) is 17.4 Å². The van der Waals surface area contributed by atoms with Gasteiger partial charge in [-0.2, -0.15) is 5.10 Å². The molecule has 0 aliphatic carbocycles. The zero-order valence-electron chi connectivity index (χ0n) is 16.2. The van der Waals surface area contributed by atoms with E-state index in [1.165, 1.54) is 5.56 Å². The normalized spacial score (nSPS) is 20.7. The van der Waals surface area contributed by atoms with Crippen molar-refractivity contribution in [2.45, 2.75) is 39.8 Å². The van der Waals surface area contributed by atoms with Crippen LogP contribution in [0.15, 0.2) is 41.3 Å². The molecule has 6 heteroatoms. The minimum Gasteiger partial charge on any atom is -0.310 e. The quantitative estimate of drug-likeness (QED) is 0.755. The summed E-state index contributed by atoms with van der Waals surface area (Å²) in [5.74, 6) is 1.91. The zero-order chi connectivity index (χ0) is 19.0. The third-order valence-corrected chi connectivity index (χ3v) is 5.35. The van der Waals surface area contributed by atoms with Gasteiger partial charge < -0.3 is 4.98 Å². The van der Waals surface area contributed by atoms with Crippen LogP contribution in [-0.4, -0.2) is 37.7 Å². The topological polar surface area (TPSA) is 66.8 Å². The lowest BCUT2D eigenvalue weighted by molar-refractivity contribution is 0.318. The number of likely N-dealkylation sites (tertiary alicyclic amines) is 1. The van der Waals surface area contributed by atoms with Crippen molar-refractivity contribution in [1.82, 2.24) is 24.6 Å². The zero-order valence-corrected chi connectivity index (χ0v) is 16.2. The van der Waals surface area contributed by atoms with Crippen molar-refractivity contribution in [2.24, 2.45) is 11.8 Å². The number of H-pyrrole nitrogens is 1. The maximum Gasteiger partial charge on any atom is 0.262 e. The number of benzene rings is 1. The number of hydrogen-bond donors (Lipinski definition) is 1. The van der Waals surface area contributed by atoms with Crippen molar-refractivity contribution < 1.29 is 0 Å². The molecule has 0 amide bonds. The van der Waals surface area contributed by atoms with Gasteiger partial charge in [0.1, 0.15) is 11.2 Å². The average Bonchev–Trinajstić information content (AvgIpc) is 3.19. The number of hydrogen-bond acceptors (Lipinski definition) is 4. The number of nitrogens with one attached hydrogen (secondary N) is 1. The Morgan fingerprint density at radius 2 is 2.00 bits per heavy atom. The molecule has 3 heterocycles. The number of aromatic nitrogens is 4. The summed E-state index contributed by atoms with van der Waals surface area (Å²) >= 11 is 0. The summed E-state index contributed by atoms with van der Waals surface area (Å²) in [6, 6.07) is 10.5. The molecule has 2 atom stereocenters. The van der Waals surface area contributed by atoms with Crippen LogP contribution in [0.4, 0.5) is 0 Å². The molecule has 27 heavy (non-hydrogen) atoms. The highest BCUT2D eigenvalue weighted by molar-refractivity contribution is 5.73. The van der Waals surface area contributed by atoms with Crippen molar-refractivity contribution in [3.8, 4) is 0 Å². The van der Waals surface area contributed by atoms with Crippen LogP contribution in [0.5, 0.6) is 0 Å². The van der Waals surface area contributed by atoms with E-state index in [1.807, 2.05) is 10.7 Å². The van der Waals surface area contributed by atoms with Crippen LogP contribution in [0.1, 0.15) is 38.1 Å². The summed E-state index contributed by atoms with van der Waals surface area (Å²) in [5, 5.41) is 4.95. The van der Waals surface area contributed by atoms with E-state index in [9.17, 15) is 4.79 Å². The molecule has 142 valence electrons. The van der Waals surface area contributed by atoms with E-state index < -0.39 is 0 Å². The fourth-order valence-electron chi connectivity index (χ4n) is 4.03. The first-order valence-electron chi connectivity index (χ1n) is 9.73. The summed E-state index contributed by atoms with van der Waals surface area (Å²) in [6.45, 7) is 10.1. The van der Waals surface area contributed by atoms with Gasteiger partial charge in [0.05, 0.1) is 6.20 Å². The first-order chi connectivity index (χ1) is 13.0. The van der Waals surface area contributed by atoms with Gasteiger partial charge >= 0.3 is 0 Å². The van der Waals surface area contributed by atoms with E-state index in [2.05, 4.69) is 60.0 Å². The molecule has 6 nitrogen and oxygen atoms in total. The molecule has 1 N–H and O–H groups in total. The van der Waals surface area contributed by atoms with E-state index >= 15 is 0 Å². The maximum atomic E-state index is 12.6. The van der Waals surface area contributed by atoms with Crippen LogP contribution in [-0.2, 0) is 13.1 Å². The fraction of sp³-hybridized carbons (Fsp3) is 0.476. The average molecular weight is 365 g/mol. The number of aromatic amines is 1. The van der Waals surface area contributed by atoms with Crippen molar-refractivity contribution in [2.75, 3.05) is 13.1 Å². The van der Waals surface area contributed by atoms with Crippen LogP contribution >= 0.6 is 0 Å². The van der Waals surface area contributed by atoms with E-state index in [4.69, 9.17) is 4.98 Å². The predicted octanol–water partition coefficient (Wildman–Crippen LogP) is 3.01. The van der Waals surface area contributed by atoms with Crippen LogP contribution in [0, 0.1) is 11.8 Å². The first-order valence-corrected chi connectivity index (χ1v) is 9.73. The van der Waals surface area contributed by atoms with Gasteiger partial charge in [0.25, 0.3) is 5.56 Å². The monoisotopic (exact) mass is 365 g/mol. The lowest BCUT2D eigenvalue weighted by Crippen LogP contribution is -2.21. The Bertz CT molecular complexity index is 975. The molecule has 1 aromatic carbocycles. The van der Waals surface area contributed by atoms with Gasteiger partial charge in [-0.3, -0.25) is 9.69 Å². The highest BCUT2D eigenvalue weighted by Crippen LogP contribution is 2.31. The minimum absolute atomic E-state index is 0.0845. The van der Waals surface area contributed by atoms with E-state index in [-0.39, 0.29) is 11.5 Å². The lowest BCUT2D eigenvalue weighted by Gasteiger charge is -2.16. The fourth-order valence-corrected chi connectivity index (χ4v) is 4.03. The summed E-state index contributed by atoms with van der Waals surface area (Å²) in [7, 11) is 0. The third kappa shape index (κ3) is 3.67. The Morgan fingerprint density at radius 1 is 1.22 bits per heavy atom. The molecule has 0 radical (unpaired) electrons. The van der Waals surface area contributed by atoms with E-state index in [1.54, 1.807) is 6.20 Å². The van der Waals surface area contributed by atoms with Crippen LogP contribution < -0.4 is 5.56 Å². The van der Waals surface area contributed by atoms with Gasteiger partial charge in [-0.1, -0.05) is 51.1 Å². The van der Waals surface area contributed by atoms with Crippen LogP contribution in [0.25, 0.3) is 11.0 Å². The van der Waals surface area contributed by atoms with Gasteiger partial charge in [-0.25, -0.2) is 9.67 Å². The Balaban J connectivity index is 1.60. The molecule has 1 aliphatic heterocycles. The largest absolute Gasteiger partial charge is 0.310 e. The second-order valence-corrected chi connectivity index (χ2v) is 8.17. The summed E-state index contributed by atoms with van der Waals surface area (Å²) in [4.78, 5) is 22.9. The molecule has 0 unspecified atom stereocenters. The van der Waals surface area contributed by atoms with Crippen molar-refractivity contribution in [3.05, 3.63) is 58.3 Å². The minimum atomic E-state index is -0.0845. The molecular formula is C21H27N5O. The molecule has 1 fully saturated rings. The van der Waals surface area contributed by atoms with E-state index in [0.29, 0.717) is 22.9 Å². The molecule has 4 rings (SSSR count). The molecule has 3 aromatic rings. The number of rotatable bonds is 5. The molecule has 2 aromatic heterocycles. The standard InChI is InChI=1S/C21H27N5O/c1-14(2)10-26-20-17(9-22-26)21(27)24-19(23-20)18-13-25(11-15(18)3)12-16-7-5-4-6-8-16/h4-9,14-15,18H,10-13H2,1-3H3,(H,23,24,27)/t15-,18-/m1/s1. The molecule has 0 saturated carbocycles. The number of fused-ring (bicyclic) bond motifs is 1. The van der Waals surface area contributed by atoms with Crippen LogP contribution in [0.3, 0.4) is 0 Å². The summed E-state index contributed by atoms with van der Waals surface area (Å²) in [6.07, 6.45) is 1.63. The summed E-state index contributed by atoms with van der Waals surface area (Å²) < 4.78 is 1.86. The van der Waals surface area contributed by atoms with Crippen molar-refractivity contribution in [3.63, 3.8) is 0 Å². The van der Waals surface area contributed by atoms with Crippen LogP contribution in [0.2, 0.25) is 0 Å². The maximum absolute atomic E-state index is 12.6. The first kappa shape index (κ1) is 17.9. The Kier molecular flexibility index (Phi) is 4.83. The predicted molar refractivity (Wildman–Crippen MR) is 107 cm³/mol. The van der Waals surface area contributed by atoms with Gasteiger partial charge in [0, 0.05) is 32.1 Å². The second-order valence-electron chi connectivity index (χ2n) is 8.17. The Labute approximate surface area is 159 Å². The van der Waals surface area contributed by atoms with Crippen molar-refractivity contribution in [1.29, 1.82) is 0 Å². The van der Waals surface area contributed by atoms with Gasteiger partial charge in [0.2, 0.25) is 0 Å². The molecule has 0 spiro atoms. The molecule has 1 aliphatic rings. The Hall–Kier alpha value is -2.47. The third-order valence-electron chi connectivity index (χ3n) is 5.35. The summed E-state index contributed by atoms with van der Waals surface area (Å²) in [5.41, 5.74) is 1.94. The molecule has 1 saturated heterocycles. The molecule has 0 bridgehead atoms. The number of nitrogens with zero attached hydrogens (tertiary/aromatic N) is 4.